The van der Waals surface area contributed by atoms with Crippen LogP contribution in [-0.4, -0.2) is 41.8 Å². The molecule has 0 aliphatic heterocycles. The minimum atomic E-state index is -1.26. The summed E-state index contributed by atoms with van der Waals surface area (Å²) in [5.74, 6) is -1.06. The number of methoxy groups -OCH3 is 1. The molecule has 0 heterocycles. The monoisotopic (exact) mass is 503 g/mol. The normalized spacial score (nSPS) is 12.3. The van der Waals surface area contributed by atoms with E-state index >= 15 is 0 Å². The van der Waals surface area contributed by atoms with Crippen LogP contribution in [0.2, 0.25) is 0 Å². The van der Waals surface area contributed by atoms with E-state index in [1.54, 1.807) is 7.11 Å². The summed E-state index contributed by atoms with van der Waals surface area (Å²) in [6.45, 7) is 3.28. The molecule has 0 aliphatic carbocycles. The fourth-order valence-electron chi connectivity index (χ4n) is 3.98. The highest BCUT2D eigenvalue weighted by molar-refractivity contribution is 5.89. The molecule has 0 spiro atoms. The zero-order chi connectivity index (χ0) is 26.9. The molecule has 196 valence electrons. The maximum Gasteiger partial charge on any atom is 0.328 e. The summed E-state index contributed by atoms with van der Waals surface area (Å²) in [7, 11) is 1.71. The molecule has 37 heavy (non-hydrogen) atoms. The molecule has 3 aromatic carbocycles. The van der Waals surface area contributed by atoms with E-state index in [-0.39, 0.29) is 0 Å². The Morgan fingerprint density at radius 1 is 0.838 bits per heavy atom. The standard InChI is InChI=1S/C27H33NO.C4H4O4/c1-22(20-24-16-18-27(29-2)19-17-24)28-21-26(25-13-7-4-8-14-25)15-9-12-23-10-5-3-6-11-23;5-3(6)1-2-4(7)8/h3-8,10-11,13-14,16-19,22,26,28H,9,12,15,20-21H2,1-2H3;1-2H,(H,5,6)(H,7,8)/b;2-1-. The van der Waals surface area contributed by atoms with Crippen molar-refractivity contribution in [1.29, 1.82) is 0 Å². The van der Waals surface area contributed by atoms with E-state index in [1.165, 1.54) is 29.5 Å². The summed E-state index contributed by atoms with van der Waals surface area (Å²) in [4.78, 5) is 19.1. The lowest BCUT2D eigenvalue weighted by Gasteiger charge is -2.22. The molecule has 0 fully saturated rings. The van der Waals surface area contributed by atoms with Crippen molar-refractivity contribution in [3.63, 3.8) is 0 Å². The van der Waals surface area contributed by atoms with Gasteiger partial charge in [-0.15, -0.1) is 0 Å². The van der Waals surface area contributed by atoms with Crippen molar-refractivity contribution in [2.45, 2.75) is 44.6 Å². The lowest BCUT2D eigenvalue weighted by atomic mass is 9.92. The minimum Gasteiger partial charge on any atom is -0.497 e. The van der Waals surface area contributed by atoms with Crippen LogP contribution < -0.4 is 10.1 Å². The average Bonchev–Trinajstić information content (AvgIpc) is 2.91. The van der Waals surface area contributed by atoms with Crippen molar-refractivity contribution in [3.05, 3.63) is 114 Å². The Morgan fingerprint density at radius 2 is 1.41 bits per heavy atom. The highest BCUT2D eigenvalue weighted by atomic mass is 16.5. The number of hydrogen-bond donors (Lipinski definition) is 3. The third-order valence-electron chi connectivity index (χ3n) is 5.91. The first-order valence-electron chi connectivity index (χ1n) is 12.5. The van der Waals surface area contributed by atoms with E-state index in [4.69, 9.17) is 14.9 Å². The smallest absolute Gasteiger partial charge is 0.328 e. The third kappa shape index (κ3) is 12.6. The van der Waals surface area contributed by atoms with Crippen LogP contribution in [0.25, 0.3) is 0 Å². The van der Waals surface area contributed by atoms with Gasteiger partial charge in [0, 0.05) is 24.7 Å². The first-order valence-corrected chi connectivity index (χ1v) is 12.5. The molecule has 0 bridgehead atoms. The summed E-state index contributed by atoms with van der Waals surface area (Å²) < 4.78 is 5.26. The number of benzene rings is 3. The van der Waals surface area contributed by atoms with Gasteiger partial charge in [0.1, 0.15) is 5.75 Å². The Labute approximate surface area is 219 Å². The quantitative estimate of drug-likeness (QED) is 0.258. The Morgan fingerprint density at radius 3 is 1.95 bits per heavy atom. The van der Waals surface area contributed by atoms with E-state index in [9.17, 15) is 9.59 Å². The van der Waals surface area contributed by atoms with Crippen molar-refractivity contribution in [2.24, 2.45) is 0 Å². The first-order chi connectivity index (χ1) is 17.9. The third-order valence-corrected chi connectivity index (χ3v) is 5.91. The molecule has 0 radical (unpaired) electrons. The van der Waals surface area contributed by atoms with Crippen LogP contribution in [0.3, 0.4) is 0 Å². The van der Waals surface area contributed by atoms with Crippen molar-refractivity contribution in [2.75, 3.05) is 13.7 Å². The van der Waals surface area contributed by atoms with Gasteiger partial charge >= 0.3 is 11.9 Å². The second-order valence-electron chi connectivity index (χ2n) is 8.86. The van der Waals surface area contributed by atoms with Crippen molar-refractivity contribution < 1.29 is 24.5 Å². The second-order valence-corrected chi connectivity index (χ2v) is 8.86. The summed E-state index contributed by atoms with van der Waals surface area (Å²) >= 11 is 0. The predicted octanol–water partition coefficient (Wildman–Crippen LogP) is 5.73. The highest BCUT2D eigenvalue weighted by Crippen LogP contribution is 2.22. The molecule has 0 aliphatic rings. The maximum absolute atomic E-state index is 9.55. The van der Waals surface area contributed by atoms with E-state index < -0.39 is 11.9 Å². The molecule has 3 N–H and O–H groups in total. The number of ether oxygens (including phenoxy) is 1. The van der Waals surface area contributed by atoms with Crippen LogP contribution in [-0.2, 0) is 22.4 Å². The van der Waals surface area contributed by atoms with Crippen LogP contribution in [0.15, 0.2) is 97.1 Å². The summed E-state index contributed by atoms with van der Waals surface area (Å²) in [6, 6.07) is 30.6. The Balaban J connectivity index is 0.000000521. The summed E-state index contributed by atoms with van der Waals surface area (Å²) in [6.07, 6.45) is 5.69. The molecule has 0 saturated carbocycles. The number of carbonyl (C=O) groups is 2. The van der Waals surface area contributed by atoms with Gasteiger partial charge < -0.3 is 20.3 Å². The fraction of sp³-hybridized carbons (Fsp3) is 0.290. The van der Waals surface area contributed by atoms with E-state index in [0.717, 1.165) is 25.1 Å². The minimum absolute atomic E-state index is 0.434. The van der Waals surface area contributed by atoms with Gasteiger partial charge in [-0.2, -0.15) is 0 Å². The molecule has 3 aromatic rings. The Hall–Kier alpha value is -3.90. The number of rotatable bonds is 13. The number of aliphatic carboxylic acids is 2. The predicted molar refractivity (Wildman–Crippen MR) is 147 cm³/mol. The second kappa shape index (κ2) is 16.7. The molecule has 0 saturated heterocycles. The largest absolute Gasteiger partial charge is 0.497 e. The molecule has 0 aromatic heterocycles. The molecule has 6 heteroatoms. The Kier molecular flexibility index (Phi) is 13.2. The fourth-order valence-corrected chi connectivity index (χ4v) is 3.98. The van der Waals surface area contributed by atoms with Gasteiger partial charge in [-0.25, -0.2) is 9.59 Å². The zero-order valence-corrected chi connectivity index (χ0v) is 21.5. The zero-order valence-electron chi connectivity index (χ0n) is 21.5. The van der Waals surface area contributed by atoms with Crippen LogP contribution >= 0.6 is 0 Å². The van der Waals surface area contributed by atoms with Crippen LogP contribution in [0.5, 0.6) is 5.75 Å². The lowest BCUT2D eigenvalue weighted by molar-refractivity contribution is -0.134. The van der Waals surface area contributed by atoms with E-state index in [0.29, 0.717) is 24.1 Å². The summed E-state index contributed by atoms with van der Waals surface area (Å²) in [5, 5.41) is 19.4. The molecule has 2 atom stereocenters. The molecular weight excluding hydrogens is 466 g/mol. The van der Waals surface area contributed by atoms with Crippen molar-refractivity contribution in [3.8, 4) is 5.75 Å². The van der Waals surface area contributed by atoms with Gasteiger partial charge in [0.05, 0.1) is 7.11 Å². The van der Waals surface area contributed by atoms with Gasteiger partial charge in [0.25, 0.3) is 0 Å². The van der Waals surface area contributed by atoms with Gasteiger partial charge in [-0.3, -0.25) is 0 Å². The van der Waals surface area contributed by atoms with Crippen molar-refractivity contribution in [1.82, 2.24) is 5.32 Å². The maximum atomic E-state index is 9.55. The molecular formula is C31H37NO5. The number of hydrogen-bond acceptors (Lipinski definition) is 4. The number of aryl methyl sites for hydroxylation is 1. The van der Waals surface area contributed by atoms with Gasteiger partial charge in [-0.1, -0.05) is 72.8 Å². The van der Waals surface area contributed by atoms with Gasteiger partial charge in [0.2, 0.25) is 0 Å². The van der Waals surface area contributed by atoms with E-state index in [2.05, 4.69) is 85.0 Å². The van der Waals surface area contributed by atoms with E-state index in [1.807, 2.05) is 12.1 Å². The molecule has 3 rings (SSSR count). The SMILES string of the molecule is COc1ccc(CC(C)NCC(CCCc2ccccc2)c2ccccc2)cc1.O=C(O)/C=C\C(=O)O. The first kappa shape index (κ1) is 29.3. The molecule has 2 unspecified atom stereocenters. The number of carboxylic acids is 2. The van der Waals surface area contributed by atoms with Gasteiger partial charge in [0.15, 0.2) is 0 Å². The molecule has 6 nitrogen and oxygen atoms in total. The van der Waals surface area contributed by atoms with Gasteiger partial charge in [-0.05, 0) is 67.3 Å². The van der Waals surface area contributed by atoms with Crippen LogP contribution in [0.4, 0.5) is 0 Å². The molecule has 0 amide bonds. The Bertz CT molecular complexity index is 1070. The number of nitrogens with one attached hydrogen (secondary N) is 1. The van der Waals surface area contributed by atoms with Crippen LogP contribution in [0, 0.1) is 0 Å². The average molecular weight is 504 g/mol. The topological polar surface area (TPSA) is 95.9 Å². The van der Waals surface area contributed by atoms with Crippen LogP contribution in [0.1, 0.15) is 42.4 Å². The number of carboxylic acid groups (broad SMARTS) is 2. The highest BCUT2D eigenvalue weighted by Gasteiger charge is 2.13. The lowest BCUT2D eigenvalue weighted by Crippen LogP contribution is -2.32. The summed E-state index contributed by atoms with van der Waals surface area (Å²) in [5.41, 5.74) is 4.20. The van der Waals surface area contributed by atoms with Crippen molar-refractivity contribution >= 4 is 11.9 Å².